The lowest BCUT2D eigenvalue weighted by atomic mass is 10.1. The summed E-state index contributed by atoms with van der Waals surface area (Å²) in [6, 6.07) is 11.8. The normalized spacial score (nSPS) is 10.7. The summed E-state index contributed by atoms with van der Waals surface area (Å²) in [7, 11) is 1.88. The van der Waals surface area contributed by atoms with E-state index in [-0.39, 0.29) is 18.2 Å². The van der Waals surface area contributed by atoms with Crippen molar-refractivity contribution in [2.45, 2.75) is 33.9 Å². The molecular formula is C22H24N4O4. The van der Waals surface area contributed by atoms with Gasteiger partial charge in [-0.2, -0.15) is 5.10 Å². The van der Waals surface area contributed by atoms with Crippen LogP contribution in [-0.2, 0) is 20.2 Å². The maximum atomic E-state index is 12.6. The van der Waals surface area contributed by atoms with Crippen molar-refractivity contribution < 1.29 is 14.5 Å². The molecule has 0 unspecified atom stereocenters. The number of nitrogens with zero attached hydrogens (tertiary/aromatic N) is 3. The van der Waals surface area contributed by atoms with Crippen molar-refractivity contribution in [3.8, 4) is 5.75 Å². The van der Waals surface area contributed by atoms with E-state index in [0.717, 1.165) is 22.5 Å². The number of hydrogen-bond donors (Lipinski definition) is 1. The summed E-state index contributed by atoms with van der Waals surface area (Å²) in [5.74, 6) is 0.362. The van der Waals surface area contributed by atoms with Gasteiger partial charge < -0.3 is 10.1 Å². The van der Waals surface area contributed by atoms with E-state index in [1.807, 2.05) is 27.0 Å². The van der Waals surface area contributed by atoms with Crippen molar-refractivity contribution in [1.82, 2.24) is 15.1 Å². The average molecular weight is 408 g/mol. The van der Waals surface area contributed by atoms with Crippen LogP contribution in [0.15, 0.2) is 42.5 Å². The van der Waals surface area contributed by atoms with Gasteiger partial charge >= 0.3 is 0 Å². The Balaban J connectivity index is 1.63. The first-order valence-corrected chi connectivity index (χ1v) is 9.50. The molecule has 0 spiro atoms. The minimum Gasteiger partial charge on any atom is -0.489 e. The average Bonchev–Trinajstić information content (AvgIpc) is 2.95. The van der Waals surface area contributed by atoms with Crippen LogP contribution in [0, 0.1) is 30.9 Å². The Morgan fingerprint density at radius 1 is 1.20 bits per heavy atom. The molecule has 0 saturated heterocycles. The number of nitro groups is 1. The molecule has 0 saturated carbocycles. The van der Waals surface area contributed by atoms with E-state index in [4.69, 9.17) is 4.74 Å². The Bertz CT molecular complexity index is 1100. The van der Waals surface area contributed by atoms with Gasteiger partial charge in [0.05, 0.1) is 10.6 Å². The third kappa shape index (κ3) is 4.65. The molecule has 8 nitrogen and oxygen atoms in total. The number of nitro benzene ring substituents is 1. The number of benzene rings is 2. The van der Waals surface area contributed by atoms with Gasteiger partial charge in [0.15, 0.2) is 0 Å². The van der Waals surface area contributed by atoms with Gasteiger partial charge in [-0.1, -0.05) is 12.1 Å². The molecule has 0 atom stereocenters. The maximum absolute atomic E-state index is 12.6. The summed E-state index contributed by atoms with van der Waals surface area (Å²) in [6.45, 7) is 6.22. The zero-order valence-corrected chi connectivity index (χ0v) is 17.4. The van der Waals surface area contributed by atoms with Gasteiger partial charge in [0, 0.05) is 42.0 Å². The van der Waals surface area contributed by atoms with E-state index in [9.17, 15) is 14.9 Å². The third-order valence-corrected chi connectivity index (χ3v) is 5.04. The van der Waals surface area contributed by atoms with Gasteiger partial charge in [-0.15, -0.1) is 0 Å². The Morgan fingerprint density at radius 3 is 2.60 bits per heavy atom. The molecule has 3 aromatic rings. The molecule has 0 aliphatic rings. The minimum atomic E-state index is -0.421. The van der Waals surface area contributed by atoms with Gasteiger partial charge in [0.1, 0.15) is 12.4 Å². The number of aromatic nitrogens is 2. The van der Waals surface area contributed by atoms with Gasteiger partial charge in [0.2, 0.25) is 0 Å². The van der Waals surface area contributed by atoms with Crippen LogP contribution in [0.1, 0.15) is 38.4 Å². The smallest absolute Gasteiger partial charge is 0.272 e. The molecule has 0 radical (unpaired) electrons. The monoisotopic (exact) mass is 408 g/mol. The van der Waals surface area contributed by atoms with Gasteiger partial charge in [-0.05, 0) is 50.6 Å². The summed E-state index contributed by atoms with van der Waals surface area (Å²) >= 11 is 0. The van der Waals surface area contributed by atoms with E-state index >= 15 is 0 Å². The van der Waals surface area contributed by atoms with Crippen molar-refractivity contribution in [2.24, 2.45) is 7.05 Å². The summed E-state index contributed by atoms with van der Waals surface area (Å²) in [5.41, 5.74) is 4.89. The fraction of sp³-hybridized carbons (Fsp3) is 0.273. The van der Waals surface area contributed by atoms with Crippen LogP contribution in [0.5, 0.6) is 5.75 Å². The SMILES string of the molecule is Cc1cc(OCc2cccc(C(=O)NCc3c(C)nn(C)c3C)c2)ccc1[N+](=O)[O-]. The van der Waals surface area contributed by atoms with E-state index in [1.165, 1.54) is 6.07 Å². The molecule has 0 fully saturated rings. The van der Waals surface area contributed by atoms with Crippen molar-refractivity contribution in [2.75, 3.05) is 0 Å². The molecule has 1 aromatic heterocycles. The highest BCUT2D eigenvalue weighted by atomic mass is 16.6. The maximum Gasteiger partial charge on any atom is 0.272 e. The second-order valence-electron chi connectivity index (χ2n) is 7.15. The Labute approximate surface area is 174 Å². The molecule has 0 aliphatic heterocycles. The first kappa shape index (κ1) is 21.0. The molecule has 156 valence electrons. The lowest BCUT2D eigenvalue weighted by molar-refractivity contribution is -0.385. The number of aryl methyl sites for hydroxylation is 3. The molecule has 1 heterocycles. The molecule has 0 aliphatic carbocycles. The van der Waals surface area contributed by atoms with E-state index in [0.29, 0.717) is 23.4 Å². The Morgan fingerprint density at radius 2 is 1.97 bits per heavy atom. The Kier molecular flexibility index (Phi) is 6.15. The van der Waals surface area contributed by atoms with Crippen LogP contribution in [0.2, 0.25) is 0 Å². The van der Waals surface area contributed by atoms with Crippen molar-refractivity contribution in [3.63, 3.8) is 0 Å². The largest absolute Gasteiger partial charge is 0.489 e. The fourth-order valence-electron chi connectivity index (χ4n) is 3.24. The number of carbonyl (C=O) groups is 1. The quantitative estimate of drug-likeness (QED) is 0.474. The molecule has 0 bridgehead atoms. The molecule has 1 N–H and O–H groups in total. The van der Waals surface area contributed by atoms with Crippen LogP contribution in [0.25, 0.3) is 0 Å². The van der Waals surface area contributed by atoms with Gasteiger partial charge in [0.25, 0.3) is 11.6 Å². The highest BCUT2D eigenvalue weighted by Gasteiger charge is 2.13. The zero-order valence-electron chi connectivity index (χ0n) is 17.4. The second kappa shape index (κ2) is 8.77. The zero-order chi connectivity index (χ0) is 21.8. The van der Waals surface area contributed by atoms with Crippen molar-refractivity contribution in [3.05, 3.63) is 86.2 Å². The third-order valence-electron chi connectivity index (χ3n) is 5.04. The molecular weight excluding hydrogens is 384 g/mol. The van der Waals surface area contributed by atoms with Crippen LogP contribution in [0.3, 0.4) is 0 Å². The number of hydrogen-bond acceptors (Lipinski definition) is 5. The van der Waals surface area contributed by atoms with Crippen LogP contribution >= 0.6 is 0 Å². The standard InChI is InChI=1S/C22H24N4O4/c1-14-10-19(8-9-21(14)26(28)29)30-13-17-6-5-7-18(11-17)22(27)23-12-20-15(2)24-25(4)16(20)3/h5-11H,12-13H2,1-4H3,(H,23,27). The number of amides is 1. The second-order valence-corrected chi connectivity index (χ2v) is 7.15. The predicted molar refractivity (Wildman–Crippen MR) is 112 cm³/mol. The van der Waals surface area contributed by atoms with E-state index in [1.54, 1.807) is 41.9 Å². The summed E-state index contributed by atoms with van der Waals surface area (Å²) in [5, 5.41) is 18.2. The predicted octanol–water partition coefficient (Wildman–Crippen LogP) is 3.76. The highest BCUT2D eigenvalue weighted by Crippen LogP contribution is 2.23. The summed E-state index contributed by atoms with van der Waals surface area (Å²) in [6.07, 6.45) is 0. The highest BCUT2D eigenvalue weighted by molar-refractivity contribution is 5.94. The number of rotatable bonds is 7. The fourth-order valence-corrected chi connectivity index (χ4v) is 3.24. The van der Waals surface area contributed by atoms with E-state index in [2.05, 4.69) is 10.4 Å². The van der Waals surface area contributed by atoms with Crippen molar-refractivity contribution in [1.29, 1.82) is 0 Å². The first-order valence-electron chi connectivity index (χ1n) is 9.50. The summed E-state index contributed by atoms with van der Waals surface area (Å²) < 4.78 is 7.54. The summed E-state index contributed by atoms with van der Waals surface area (Å²) in [4.78, 5) is 23.1. The topological polar surface area (TPSA) is 99.3 Å². The number of carbonyl (C=O) groups excluding carboxylic acids is 1. The molecule has 8 heteroatoms. The lowest BCUT2D eigenvalue weighted by Gasteiger charge is -2.10. The van der Waals surface area contributed by atoms with Gasteiger partial charge in [-0.25, -0.2) is 0 Å². The lowest BCUT2D eigenvalue weighted by Crippen LogP contribution is -2.23. The van der Waals surface area contributed by atoms with Crippen LogP contribution in [-0.4, -0.2) is 20.6 Å². The minimum absolute atomic E-state index is 0.0557. The van der Waals surface area contributed by atoms with Crippen molar-refractivity contribution >= 4 is 11.6 Å². The Hall–Kier alpha value is -3.68. The molecule has 30 heavy (non-hydrogen) atoms. The molecule has 2 aromatic carbocycles. The van der Waals surface area contributed by atoms with Crippen LogP contribution < -0.4 is 10.1 Å². The van der Waals surface area contributed by atoms with Crippen LogP contribution in [0.4, 0.5) is 5.69 Å². The first-order chi connectivity index (χ1) is 14.3. The molecule has 3 rings (SSSR count). The van der Waals surface area contributed by atoms with E-state index < -0.39 is 4.92 Å². The molecule has 1 amide bonds. The van der Waals surface area contributed by atoms with Gasteiger partial charge in [-0.3, -0.25) is 19.6 Å². The number of ether oxygens (including phenoxy) is 1. The number of nitrogens with one attached hydrogen (secondary N) is 1.